The molecule has 0 aliphatic heterocycles. The lowest BCUT2D eigenvalue weighted by molar-refractivity contribution is 0.0793. The lowest BCUT2D eigenvalue weighted by Gasteiger charge is -2.37. The van der Waals surface area contributed by atoms with Crippen LogP contribution in [-0.4, -0.2) is 24.3 Å². The summed E-state index contributed by atoms with van der Waals surface area (Å²) in [6.45, 7) is 1.36. The van der Waals surface area contributed by atoms with Crippen LogP contribution in [0.5, 0.6) is 0 Å². The zero-order valence-corrected chi connectivity index (χ0v) is 10.3. The quantitative estimate of drug-likeness (QED) is 0.718. The zero-order chi connectivity index (χ0) is 11.3. The van der Waals surface area contributed by atoms with Gasteiger partial charge in [-0.2, -0.15) is 0 Å². The Labute approximate surface area is 99.1 Å². The molecule has 0 aromatic rings. The summed E-state index contributed by atoms with van der Waals surface area (Å²) in [5.74, 6) is 0. The predicted molar refractivity (Wildman–Crippen MR) is 67.4 cm³/mol. The van der Waals surface area contributed by atoms with Gasteiger partial charge in [0.1, 0.15) is 0 Å². The SMILES string of the molecule is OCC1(CNC2C=CCCC2)CCCCC1. The summed E-state index contributed by atoms with van der Waals surface area (Å²) >= 11 is 0. The number of nitrogens with one attached hydrogen (secondary N) is 1. The van der Waals surface area contributed by atoms with E-state index in [1.165, 1.54) is 51.4 Å². The van der Waals surface area contributed by atoms with E-state index in [1.807, 2.05) is 0 Å². The van der Waals surface area contributed by atoms with Gasteiger partial charge in [0, 0.05) is 24.6 Å². The maximum atomic E-state index is 9.61. The van der Waals surface area contributed by atoms with Gasteiger partial charge in [0.25, 0.3) is 0 Å². The van der Waals surface area contributed by atoms with E-state index in [2.05, 4.69) is 17.5 Å². The molecule has 0 aromatic carbocycles. The maximum Gasteiger partial charge on any atom is 0.0499 e. The third-order valence-electron chi connectivity index (χ3n) is 4.24. The maximum absolute atomic E-state index is 9.61. The number of hydrogen-bond acceptors (Lipinski definition) is 2. The minimum Gasteiger partial charge on any atom is -0.396 e. The summed E-state index contributed by atoms with van der Waals surface area (Å²) in [6, 6.07) is 0.555. The molecule has 0 bridgehead atoms. The van der Waals surface area contributed by atoms with Crippen molar-refractivity contribution in [2.24, 2.45) is 5.41 Å². The fourth-order valence-electron chi connectivity index (χ4n) is 3.02. The third kappa shape index (κ3) is 3.08. The molecule has 0 amide bonds. The average molecular weight is 223 g/mol. The second-order valence-corrected chi connectivity index (χ2v) is 5.57. The van der Waals surface area contributed by atoms with Crippen molar-refractivity contribution in [1.82, 2.24) is 5.32 Å². The van der Waals surface area contributed by atoms with E-state index >= 15 is 0 Å². The molecule has 2 heteroatoms. The molecule has 0 spiro atoms. The third-order valence-corrected chi connectivity index (χ3v) is 4.24. The van der Waals surface area contributed by atoms with E-state index in [0.29, 0.717) is 12.6 Å². The fourth-order valence-corrected chi connectivity index (χ4v) is 3.02. The summed E-state index contributed by atoms with van der Waals surface area (Å²) in [7, 11) is 0. The van der Waals surface area contributed by atoms with Gasteiger partial charge in [0.2, 0.25) is 0 Å². The van der Waals surface area contributed by atoms with Gasteiger partial charge in [-0.25, -0.2) is 0 Å². The molecule has 0 aromatic heterocycles. The summed E-state index contributed by atoms with van der Waals surface area (Å²) < 4.78 is 0. The van der Waals surface area contributed by atoms with Crippen molar-refractivity contribution in [3.63, 3.8) is 0 Å². The van der Waals surface area contributed by atoms with E-state index in [4.69, 9.17) is 0 Å². The molecular weight excluding hydrogens is 198 g/mol. The minimum absolute atomic E-state index is 0.184. The Bertz CT molecular complexity index is 231. The van der Waals surface area contributed by atoms with E-state index in [1.54, 1.807) is 0 Å². The summed E-state index contributed by atoms with van der Waals surface area (Å²) in [6.07, 6.45) is 14.7. The highest BCUT2D eigenvalue weighted by Gasteiger charge is 2.31. The van der Waals surface area contributed by atoms with Crippen molar-refractivity contribution < 1.29 is 5.11 Å². The number of rotatable bonds is 4. The first-order valence-electron chi connectivity index (χ1n) is 6.86. The highest BCUT2D eigenvalue weighted by molar-refractivity contribution is 4.98. The normalized spacial score (nSPS) is 29.2. The van der Waals surface area contributed by atoms with Crippen LogP contribution in [0.2, 0.25) is 0 Å². The van der Waals surface area contributed by atoms with Crippen molar-refractivity contribution >= 4 is 0 Å². The van der Waals surface area contributed by atoms with Crippen LogP contribution in [0.3, 0.4) is 0 Å². The average Bonchev–Trinajstić information content (AvgIpc) is 2.39. The number of aliphatic hydroxyl groups excluding tert-OH is 1. The summed E-state index contributed by atoms with van der Waals surface area (Å²) in [5.41, 5.74) is 0.184. The molecule has 1 unspecified atom stereocenters. The van der Waals surface area contributed by atoms with Gasteiger partial charge in [-0.3, -0.25) is 0 Å². The first kappa shape index (κ1) is 12.1. The van der Waals surface area contributed by atoms with Crippen molar-refractivity contribution in [3.05, 3.63) is 12.2 Å². The predicted octanol–water partition coefficient (Wildman–Crippen LogP) is 2.63. The Morgan fingerprint density at radius 1 is 1.19 bits per heavy atom. The number of aliphatic hydroxyl groups is 1. The first-order chi connectivity index (χ1) is 7.85. The van der Waals surface area contributed by atoms with Crippen LogP contribution in [0.25, 0.3) is 0 Å². The highest BCUT2D eigenvalue weighted by atomic mass is 16.3. The standard InChI is InChI=1S/C14H25NO/c16-12-14(9-5-2-6-10-14)11-15-13-7-3-1-4-8-13/h3,7,13,15-16H,1-2,4-6,8-12H2. The monoisotopic (exact) mass is 223 g/mol. The Hall–Kier alpha value is -0.340. The lowest BCUT2D eigenvalue weighted by atomic mass is 9.74. The molecule has 2 nitrogen and oxygen atoms in total. The van der Waals surface area contributed by atoms with Crippen LogP contribution >= 0.6 is 0 Å². The molecule has 16 heavy (non-hydrogen) atoms. The largest absolute Gasteiger partial charge is 0.396 e. The van der Waals surface area contributed by atoms with Crippen molar-refractivity contribution in [3.8, 4) is 0 Å². The van der Waals surface area contributed by atoms with Gasteiger partial charge in [-0.05, 0) is 32.1 Å². The molecule has 0 radical (unpaired) electrons. The van der Waals surface area contributed by atoms with Gasteiger partial charge in [-0.1, -0.05) is 31.4 Å². The van der Waals surface area contributed by atoms with Crippen LogP contribution in [0.15, 0.2) is 12.2 Å². The van der Waals surface area contributed by atoms with Gasteiger partial charge >= 0.3 is 0 Å². The topological polar surface area (TPSA) is 32.3 Å². The second kappa shape index (κ2) is 5.83. The van der Waals surface area contributed by atoms with Gasteiger partial charge in [0.05, 0.1) is 0 Å². The van der Waals surface area contributed by atoms with E-state index in [9.17, 15) is 5.11 Å². The lowest BCUT2D eigenvalue weighted by Crippen LogP contribution is -2.42. The fraction of sp³-hybridized carbons (Fsp3) is 0.857. The second-order valence-electron chi connectivity index (χ2n) is 5.57. The van der Waals surface area contributed by atoms with Crippen LogP contribution in [-0.2, 0) is 0 Å². The van der Waals surface area contributed by atoms with Crippen LogP contribution < -0.4 is 5.32 Å². The minimum atomic E-state index is 0.184. The Morgan fingerprint density at radius 3 is 2.62 bits per heavy atom. The van der Waals surface area contributed by atoms with Gasteiger partial charge < -0.3 is 10.4 Å². The molecule has 0 saturated heterocycles. The van der Waals surface area contributed by atoms with Crippen molar-refractivity contribution in [1.29, 1.82) is 0 Å². The Morgan fingerprint density at radius 2 is 2.00 bits per heavy atom. The molecule has 92 valence electrons. The molecule has 2 rings (SSSR count). The number of hydrogen-bond donors (Lipinski definition) is 2. The molecule has 2 N–H and O–H groups in total. The molecule has 1 fully saturated rings. The molecule has 2 aliphatic rings. The van der Waals surface area contributed by atoms with E-state index in [0.717, 1.165) is 6.54 Å². The van der Waals surface area contributed by atoms with Crippen LogP contribution in [0, 0.1) is 5.41 Å². The highest BCUT2D eigenvalue weighted by Crippen LogP contribution is 2.35. The summed E-state index contributed by atoms with van der Waals surface area (Å²) in [5, 5.41) is 13.2. The van der Waals surface area contributed by atoms with Crippen LogP contribution in [0.4, 0.5) is 0 Å². The Balaban J connectivity index is 1.81. The summed E-state index contributed by atoms with van der Waals surface area (Å²) in [4.78, 5) is 0. The first-order valence-corrected chi connectivity index (χ1v) is 6.86. The van der Waals surface area contributed by atoms with E-state index in [-0.39, 0.29) is 5.41 Å². The van der Waals surface area contributed by atoms with Crippen molar-refractivity contribution in [2.75, 3.05) is 13.2 Å². The molecule has 0 heterocycles. The molecule has 2 aliphatic carbocycles. The van der Waals surface area contributed by atoms with Crippen molar-refractivity contribution in [2.45, 2.75) is 57.4 Å². The molecule has 1 saturated carbocycles. The van der Waals surface area contributed by atoms with Crippen LogP contribution in [0.1, 0.15) is 51.4 Å². The smallest absolute Gasteiger partial charge is 0.0499 e. The molecule has 1 atom stereocenters. The zero-order valence-electron chi connectivity index (χ0n) is 10.3. The Kier molecular flexibility index (Phi) is 4.42. The number of allylic oxidation sites excluding steroid dienone is 1. The van der Waals surface area contributed by atoms with Gasteiger partial charge in [-0.15, -0.1) is 0 Å². The van der Waals surface area contributed by atoms with E-state index < -0.39 is 0 Å². The van der Waals surface area contributed by atoms with Gasteiger partial charge in [0.15, 0.2) is 0 Å². The molecular formula is C14H25NO.